The number of carbonyl (C=O) groups excluding carboxylic acids is 1. The monoisotopic (exact) mass is 316 g/mol. The van der Waals surface area contributed by atoms with Gasteiger partial charge in [-0.2, -0.15) is 4.98 Å². The summed E-state index contributed by atoms with van der Waals surface area (Å²) in [6.07, 6.45) is 0. The molecule has 3 rings (SSSR count). The lowest BCUT2D eigenvalue weighted by Crippen LogP contribution is -2.50. The van der Waals surface area contributed by atoms with Crippen LogP contribution < -0.4 is 0 Å². The quantitative estimate of drug-likeness (QED) is 0.792. The molecule has 0 atom stereocenters. The molecule has 0 N–H and O–H groups in total. The van der Waals surface area contributed by atoms with Crippen molar-refractivity contribution in [2.45, 2.75) is 6.54 Å². The maximum atomic E-state index is 12.1. The van der Waals surface area contributed by atoms with E-state index in [0.717, 1.165) is 12.1 Å². The van der Waals surface area contributed by atoms with Crippen molar-refractivity contribution in [3.8, 4) is 11.4 Å². The van der Waals surface area contributed by atoms with Gasteiger partial charge in [0.15, 0.2) is 0 Å². The van der Waals surface area contributed by atoms with Gasteiger partial charge in [-0.3, -0.25) is 9.69 Å². The fourth-order valence-corrected chi connectivity index (χ4v) is 2.54. The molecule has 0 spiro atoms. The van der Waals surface area contributed by atoms with Crippen molar-refractivity contribution in [1.29, 1.82) is 0 Å². The molecule has 122 valence electrons. The van der Waals surface area contributed by atoms with Crippen LogP contribution in [-0.4, -0.2) is 65.7 Å². The molecule has 1 saturated heterocycles. The summed E-state index contributed by atoms with van der Waals surface area (Å²) in [4.78, 5) is 20.3. The number of aromatic nitrogens is 2. The second kappa shape index (κ2) is 7.34. The van der Waals surface area contributed by atoms with E-state index in [0.29, 0.717) is 44.5 Å². The molecule has 7 nitrogen and oxygen atoms in total. The van der Waals surface area contributed by atoms with E-state index in [4.69, 9.17) is 9.26 Å². The van der Waals surface area contributed by atoms with Gasteiger partial charge < -0.3 is 14.2 Å². The van der Waals surface area contributed by atoms with Crippen LogP contribution in [0, 0.1) is 0 Å². The van der Waals surface area contributed by atoms with Crippen LogP contribution in [0.1, 0.15) is 5.89 Å². The van der Waals surface area contributed by atoms with Gasteiger partial charge in [-0.25, -0.2) is 0 Å². The van der Waals surface area contributed by atoms with Gasteiger partial charge >= 0.3 is 0 Å². The molecule has 0 aliphatic carbocycles. The Kier molecular flexibility index (Phi) is 4.99. The van der Waals surface area contributed by atoms with Crippen LogP contribution in [-0.2, 0) is 16.1 Å². The average molecular weight is 316 g/mol. The molecule has 1 fully saturated rings. The zero-order valence-electron chi connectivity index (χ0n) is 13.1. The first-order valence-electron chi connectivity index (χ1n) is 7.63. The summed E-state index contributed by atoms with van der Waals surface area (Å²) in [5.41, 5.74) is 0.919. The lowest BCUT2D eigenvalue weighted by molar-refractivity contribution is -0.137. The Morgan fingerprint density at radius 3 is 2.83 bits per heavy atom. The molecule has 2 aromatic rings. The van der Waals surface area contributed by atoms with Crippen molar-refractivity contribution in [2.75, 3.05) is 39.9 Å². The number of piperazine rings is 1. The second-order valence-electron chi connectivity index (χ2n) is 5.46. The summed E-state index contributed by atoms with van der Waals surface area (Å²) in [6, 6.07) is 9.69. The minimum absolute atomic E-state index is 0.107. The number of hydrogen-bond donors (Lipinski definition) is 0. The van der Waals surface area contributed by atoms with Crippen molar-refractivity contribution in [1.82, 2.24) is 19.9 Å². The van der Waals surface area contributed by atoms with Gasteiger partial charge in [-0.1, -0.05) is 35.5 Å². The molecule has 0 saturated carbocycles. The summed E-state index contributed by atoms with van der Waals surface area (Å²) in [5, 5.41) is 4.00. The van der Waals surface area contributed by atoms with Crippen LogP contribution in [0.25, 0.3) is 11.4 Å². The van der Waals surface area contributed by atoms with Crippen molar-refractivity contribution in [2.24, 2.45) is 0 Å². The summed E-state index contributed by atoms with van der Waals surface area (Å²) < 4.78 is 10.3. The molecule has 7 heteroatoms. The minimum Gasteiger partial charge on any atom is -0.383 e. The molecule has 0 unspecified atom stereocenters. The number of hydrogen-bond acceptors (Lipinski definition) is 6. The van der Waals surface area contributed by atoms with Gasteiger partial charge in [-0.15, -0.1) is 0 Å². The predicted molar refractivity (Wildman–Crippen MR) is 83.5 cm³/mol. The molecule has 2 heterocycles. The zero-order chi connectivity index (χ0) is 16.1. The van der Waals surface area contributed by atoms with Crippen LogP contribution >= 0.6 is 0 Å². The molecule has 1 amide bonds. The van der Waals surface area contributed by atoms with Crippen LogP contribution in [0.5, 0.6) is 0 Å². The molecule has 1 aromatic carbocycles. The number of rotatable bonds is 6. The number of carbonyl (C=O) groups is 1. The Balaban J connectivity index is 1.57. The predicted octanol–water partition coefficient (Wildman–Crippen LogP) is 1.03. The van der Waals surface area contributed by atoms with Crippen LogP contribution in [0.3, 0.4) is 0 Å². The Bertz CT molecular complexity index is 644. The standard InChI is InChI=1S/C16H20N4O3/c1-22-10-9-20-8-7-19(12-15(20)21)11-14-17-16(18-23-14)13-5-3-2-4-6-13/h2-6H,7-12H2,1H3. The Morgan fingerprint density at radius 1 is 1.26 bits per heavy atom. The Morgan fingerprint density at radius 2 is 2.09 bits per heavy atom. The van der Waals surface area contributed by atoms with E-state index in [1.165, 1.54) is 0 Å². The van der Waals surface area contributed by atoms with E-state index in [1.807, 2.05) is 40.1 Å². The summed E-state index contributed by atoms with van der Waals surface area (Å²) >= 11 is 0. The second-order valence-corrected chi connectivity index (χ2v) is 5.46. The number of ether oxygens (including phenoxy) is 1. The molecule has 1 aliphatic heterocycles. The number of methoxy groups -OCH3 is 1. The van der Waals surface area contributed by atoms with Crippen molar-refractivity contribution in [3.05, 3.63) is 36.2 Å². The first kappa shape index (κ1) is 15.6. The summed E-state index contributed by atoms with van der Waals surface area (Å²) in [6.45, 7) is 3.55. The normalized spacial score (nSPS) is 16.0. The fraction of sp³-hybridized carbons (Fsp3) is 0.438. The number of amides is 1. The number of nitrogens with zero attached hydrogens (tertiary/aromatic N) is 4. The van der Waals surface area contributed by atoms with Gasteiger partial charge in [0.05, 0.1) is 19.7 Å². The molecule has 0 bridgehead atoms. The van der Waals surface area contributed by atoms with Crippen LogP contribution in [0.4, 0.5) is 0 Å². The molecule has 0 radical (unpaired) electrons. The van der Waals surface area contributed by atoms with Crippen molar-refractivity contribution >= 4 is 5.91 Å². The summed E-state index contributed by atoms with van der Waals surface area (Å²) in [7, 11) is 1.64. The van der Waals surface area contributed by atoms with E-state index < -0.39 is 0 Å². The third-order valence-electron chi connectivity index (χ3n) is 3.82. The van der Waals surface area contributed by atoms with Gasteiger partial charge in [0.25, 0.3) is 0 Å². The highest BCUT2D eigenvalue weighted by atomic mass is 16.5. The van der Waals surface area contributed by atoms with Gasteiger partial charge in [-0.05, 0) is 0 Å². The average Bonchev–Trinajstić information content (AvgIpc) is 3.03. The SMILES string of the molecule is COCCN1CCN(Cc2nc(-c3ccccc3)no2)CC1=O. The molecular weight excluding hydrogens is 296 g/mol. The van der Waals surface area contributed by atoms with E-state index in [-0.39, 0.29) is 5.91 Å². The Labute approximate surface area is 134 Å². The highest BCUT2D eigenvalue weighted by molar-refractivity contribution is 5.79. The van der Waals surface area contributed by atoms with Crippen LogP contribution in [0.2, 0.25) is 0 Å². The molecular formula is C16H20N4O3. The molecule has 1 aliphatic rings. The molecule has 1 aromatic heterocycles. The lowest BCUT2D eigenvalue weighted by Gasteiger charge is -2.33. The minimum atomic E-state index is 0.107. The maximum absolute atomic E-state index is 12.1. The van der Waals surface area contributed by atoms with Gasteiger partial charge in [0, 0.05) is 32.3 Å². The highest BCUT2D eigenvalue weighted by Gasteiger charge is 2.25. The molecule has 23 heavy (non-hydrogen) atoms. The van der Waals surface area contributed by atoms with Crippen molar-refractivity contribution < 1.29 is 14.1 Å². The van der Waals surface area contributed by atoms with E-state index in [9.17, 15) is 4.79 Å². The van der Waals surface area contributed by atoms with Crippen molar-refractivity contribution in [3.63, 3.8) is 0 Å². The first-order valence-corrected chi connectivity index (χ1v) is 7.63. The van der Waals surface area contributed by atoms with Gasteiger partial charge in [0.1, 0.15) is 0 Å². The highest BCUT2D eigenvalue weighted by Crippen LogP contribution is 2.16. The zero-order valence-corrected chi connectivity index (χ0v) is 13.1. The first-order chi connectivity index (χ1) is 11.3. The third-order valence-corrected chi connectivity index (χ3v) is 3.82. The third kappa shape index (κ3) is 3.94. The van der Waals surface area contributed by atoms with E-state index in [2.05, 4.69) is 10.1 Å². The van der Waals surface area contributed by atoms with Crippen LogP contribution in [0.15, 0.2) is 34.9 Å². The smallest absolute Gasteiger partial charge is 0.241 e. The summed E-state index contributed by atoms with van der Waals surface area (Å²) in [5.74, 6) is 1.21. The lowest BCUT2D eigenvalue weighted by atomic mass is 10.2. The van der Waals surface area contributed by atoms with E-state index >= 15 is 0 Å². The topological polar surface area (TPSA) is 71.7 Å². The fourth-order valence-electron chi connectivity index (χ4n) is 2.54. The van der Waals surface area contributed by atoms with Gasteiger partial charge in [0.2, 0.25) is 17.6 Å². The number of benzene rings is 1. The maximum Gasteiger partial charge on any atom is 0.241 e. The largest absolute Gasteiger partial charge is 0.383 e. The Hall–Kier alpha value is -2.25. The van der Waals surface area contributed by atoms with E-state index in [1.54, 1.807) is 7.11 Å².